The van der Waals surface area contributed by atoms with E-state index in [0.717, 1.165) is 5.76 Å². The molecule has 1 rings (SSSR count). The van der Waals surface area contributed by atoms with E-state index in [2.05, 4.69) is 15.9 Å². The van der Waals surface area contributed by atoms with Crippen molar-refractivity contribution < 1.29 is 9.21 Å². The molecule has 5 heteroatoms. The number of nitrogens with two attached hydrogens (primary N) is 1. The van der Waals surface area contributed by atoms with Crippen LogP contribution < -0.4 is 5.73 Å². The highest BCUT2D eigenvalue weighted by atomic mass is 79.9. The fraction of sp³-hybridized carbons (Fsp3) is 0.545. The maximum atomic E-state index is 11.7. The van der Waals surface area contributed by atoms with E-state index in [4.69, 9.17) is 10.2 Å². The molecule has 0 bridgehead atoms. The van der Waals surface area contributed by atoms with Gasteiger partial charge in [-0.2, -0.15) is 0 Å². The van der Waals surface area contributed by atoms with E-state index in [0.29, 0.717) is 24.1 Å². The summed E-state index contributed by atoms with van der Waals surface area (Å²) >= 11 is 3.22. The van der Waals surface area contributed by atoms with Crippen molar-refractivity contribution in [3.8, 4) is 0 Å². The molecule has 0 saturated carbocycles. The predicted molar refractivity (Wildman–Crippen MR) is 65.8 cm³/mol. The Hall–Kier alpha value is -0.810. The van der Waals surface area contributed by atoms with Crippen molar-refractivity contribution in [3.63, 3.8) is 0 Å². The van der Waals surface area contributed by atoms with Crippen LogP contribution in [0.25, 0.3) is 0 Å². The van der Waals surface area contributed by atoms with E-state index < -0.39 is 0 Å². The molecule has 16 heavy (non-hydrogen) atoms. The fourth-order valence-corrected chi connectivity index (χ4v) is 1.64. The molecule has 0 aliphatic rings. The van der Waals surface area contributed by atoms with E-state index in [1.165, 1.54) is 0 Å². The molecule has 4 nitrogen and oxygen atoms in total. The van der Waals surface area contributed by atoms with Gasteiger partial charge in [0.2, 0.25) is 5.91 Å². The standard InChI is InChI=1S/C11H17BrN2O2/c1-8(13)3-6-11(15)14(2)7-9-4-5-10(12)16-9/h4-5,8H,3,6-7,13H2,1-2H3. The summed E-state index contributed by atoms with van der Waals surface area (Å²) in [5, 5.41) is 0. The van der Waals surface area contributed by atoms with Crippen molar-refractivity contribution in [2.45, 2.75) is 32.4 Å². The third-order valence-electron chi connectivity index (χ3n) is 2.26. The zero-order valence-corrected chi connectivity index (χ0v) is 11.2. The number of carbonyl (C=O) groups excluding carboxylic acids is 1. The Bertz CT molecular complexity index is 350. The van der Waals surface area contributed by atoms with Crippen molar-refractivity contribution in [1.29, 1.82) is 0 Å². The van der Waals surface area contributed by atoms with Crippen molar-refractivity contribution >= 4 is 21.8 Å². The van der Waals surface area contributed by atoms with E-state index in [-0.39, 0.29) is 11.9 Å². The normalized spacial score (nSPS) is 12.5. The van der Waals surface area contributed by atoms with Crippen molar-refractivity contribution in [3.05, 3.63) is 22.6 Å². The first kappa shape index (κ1) is 13.3. The summed E-state index contributed by atoms with van der Waals surface area (Å²) in [6.45, 7) is 2.39. The molecule has 1 aromatic heterocycles. The highest BCUT2D eigenvalue weighted by molar-refractivity contribution is 9.10. The Morgan fingerprint density at radius 2 is 2.31 bits per heavy atom. The smallest absolute Gasteiger partial charge is 0.222 e. The van der Waals surface area contributed by atoms with Crippen molar-refractivity contribution in [2.75, 3.05) is 7.05 Å². The van der Waals surface area contributed by atoms with Gasteiger partial charge in [-0.05, 0) is 41.4 Å². The summed E-state index contributed by atoms with van der Waals surface area (Å²) in [6, 6.07) is 3.73. The Balaban J connectivity index is 2.39. The number of carbonyl (C=O) groups is 1. The lowest BCUT2D eigenvalue weighted by molar-refractivity contribution is -0.130. The molecule has 0 aliphatic carbocycles. The van der Waals surface area contributed by atoms with E-state index in [9.17, 15) is 4.79 Å². The van der Waals surface area contributed by atoms with Crippen LogP contribution in [-0.4, -0.2) is 23.9 Å². The zero-order chi connectivity index (χ0) is 12.1. The molecule has 0 aliphatic heterocycles. The number of furan rings is 1. The zero-order valence-electron chi connectivity index (χ0n) is 9.57. The highest BCUT2D eigenvalue weighted by Gasteiger charge is 2.11. The van der Waals surface area contributed by atoms with Gasteiger partial charge in [-0.1, -0.05) is 0 Å². The lowest BCUT2D eigenvalue weighted by atomic mass is 10.2. The lowest BCUT2D eigenvalue weighted by Gasteiger charge is -2.16. The Morgan fingerprint density at radius 3 is 2.81 bits per heavy atom. The number of nitrogens with zero attached hydrogens (tertiary/aromatic N) is 1. The largest absolute Gasteiger partial charge is 0.452 e. The van der Waals surface area contributed by atoms with Crippen LogP contribution in [0.1, 0.15) is 25.5 Å². The molecular weight excluding hydrogens is 272 g/mol. The van der Waals surface area contributed by atoms with Crippen molar-refractivity contribution in [1.82, 2.24) is 4.90 Å². The first-order valence-corrected chi connectivity index (χ1v) is 6.02. The molecule has 90 valence electrons. The first-order valence-electron chi connectivity index (χ1n) is 5.23. The second kappa shape index (κ2) is 6.06. The summed E-state index contributed by atoms with van der Waals surface area (Å²) in [5.41, 5.74) is 5.60. The van der Waals surface area contributed by atoms with E-state index in [1.807, 2.05) is 19.1 Å². The number of halogens is 1. The summed E-state index contributed by atoms with van der Waals surface area (Å²) in [5.74, 6) is 0.855. The van der Waals surface area contributed by atoms with Gasteiger partial charge in [0.05, 0.1) is 6.54 Å². The molecule has 0 fully saturated rings. The van der Waals surface area contributed by atoms with Crippen LogP contribution in [0.3, 0.4) is 0 Å². The molecule has 1 unspecified atom stereocenters. The topological polar surface area (TPSA) is 59.5 Å². The maximum absolute atomic E-state index is 11.7. The van der Waals surface area contributed by atoms with Crippen molar-refractivity contribution in [2.24, 2.45) is 5.73 Å². The van der Waals surface area contributed by atoms with Gasteiger partial charge in [-0.25, -0.2) is 0 Å². The quantitative estimate of drug-likeness (QED) is 0.903. The molecule has 1 aromatic rings. The van der Waals surface area contributed by atoms with Crippen LogP contribution >= 0.6 is 15.9 Å². The molecule has 0 aromatic carbocycles. The van der Waals surface area contributed by atoms with Gasteiger partial charge < -0.3 is 15.1 Å². The molecule has 0 spiro atoms. The number of hydrogen-bond acceptors (Lipinski definition) is 3. The third kappa shape index (κ3) is 4.37. The second-order valence-electron chi connectivity index (χ2n) is 3.97. The number of rotatable bonds is 5. The molecular formula is C11H17BrN2O2. The van der Waals surface area contributed by atoms with Gasteiger partial charge in [-0.15, -0.1) is 0 Å². The van der Waals surface area contributed by atoms with E-state index in [1.54, 1.807) is 11.9 Å². The molecule has 1 atom stereocenters. The Labute approximate surface area is 104 Å². The van der Waals surface area contributed by atoms with Crippen LogP contribution in [0, 0.1) is 0 Å². The molecule has 1 amide bonds. The number of hydrogen-bond donors (Lipinski definition) is 1. The average Bonchev–Trinajstić information content (AvgIpc) is 2.60. The molecule has 0 saturated heterocycles. The SMILES string of the molecule is CC(N)CCC(=O)N(C)Cc1ccc(Br)o1. The third-order valence-corrected chi connectivity index (χ3v) is 2.69. The van der Waals surface area contributed by atoms with Gasteiger partial charge in [0, 0.05) is 19.5 Å². The summed E-state index contributed by atoms with van der Waals surface area (Å²) in [6.07, 6.45) is 1.20. The minimum Gasteiger partial charge on any atom is -0.452 e. The van der Waals surface area contributed by atoms with Gasteiger partial charge in [0.25, 0.3) is 0 Å². The van der Waals surface area contributed by atoms with Gasteiger partial charge >= 0.3 is 0 Å². The predicted octanol–water partition coefficient (Wildman–Crippen LogP) is 2.13. The van der Waals surface area contributed by atoms with Gasteiger partial charge in [0.1, 0.15) is 5.76 Å². The minimum atomic E-state index is 0.0649. The Morgan fingerprint density at radius 1 is 1.62 bits per heavy atom. The molecule has 0 radical (unpaired) electrons. The van der Waals surface area contributed by atoms with E-state index >= 15 is 0 Å². The first-order chi connectivity index (χ1) is 7.49. The summed E-state index contributed by atoms with van der Waals surface area (Å²) in [7, 11) is 1.76. The number of amides is 1. The summed E-state index contributed by atoms with van der Waals surface area (Å²) < 4.78 is 6.01. The van der Waals surface area contributed by atoms with Crippen LogP contribution in [0.2, 0.25) is 0 Å². The summed E-state index contributed by atoms with van der Waals surface area (Å²) in [4.78, 5) is 13.3. The molecule has 2 N–H and O–H groups in total. The van der Waals surface area contributed by atoms with Crippen LogP contribution in [-0.2, 0) is 11.3 Å². The fourth-order valence-electron chi connectivity index (χ4n) is 1.30. The second-order valence-corrected chi connectivity index (χ2v) is 4.75. The lowest BCUT2D eigenvalue weighted by Crippen LogP contribution is -2.27. The van der Waals surface area contributed by atoms with Gasteiger partial charge in [-0.3, -0.25) is 4.79 Å². The molecule has 1 heterocycles. The maximum Gasteiger partial charge on any atom is 0.222 e. The Kier molecular flexibility index (Phi) is 5.02. The monoisotopic (exact) mass is 288 g/mol. The van der Waals surface area contributed by atoms with Crippen LogP contribution in [0.15, 0.2) is 21.2 Å². The van der Waals surface area contributed by atoms with Crippen LogP contribution in [0.4, 0.5) is 0 Å². The minimum absolute atomic E-state index is 0.0649. The highest BCUT2D eigenvalue weighted by Crippen LogP contribution is 2.15. The average molecular weight is 289 g/mol. The van der Waals surface area contributed by atoms with Crippen LogP contribution in [0.5, 0.6) is 0 Å². The van der Waals surface area contributed by atoms with Gasteiger partial charge in [0.15, 0.2) is 4.67 Å².